The highest BCUT2D eigenvalue weighted by Crippen LogP contribution is 2.40. The molecule has 0 saturated carbocycles. The summed E-state index contributed by atoms with van der Waals surface area (Å²) in [7, 11) is 1.77. The number of fused-ring (bicyclic) bond motifs is 3. The molecular weight excluding hydrogens is 526 g/mol. The van der Waals surface area contributed by atoms with Crippen molar-refractivity contribution in [3.05, 3.63) is 75.4 Å². The lowest BCUT2D eigenvalue weighted by Gasteiger charge is -2.23. The number of likely N-dealkylation sites (N-methyl/N-ethyl adjacent to an activating group) is 2. The van der Waals surface area contributed by atoms with Crippen LogP contribution in [-0.4, -0.2) is 79.1 Å². The molecule has 212 valence electrons. The average Bonchev–Trinajstić information content (AvgIpc) is 3.37. The second-order valence-electron chi connectivity index (χ2n) is 9.46. The van der Waals surface area contributed by atoms with Crippen molar-refractivity contribution in [3.63, 3.8) is 0 Å². The van der Waals surface area contributed by atoms with E-state index in [0.717, 1.165) is 25.0 Å². The topological polar surface area (TPSA) is 81.1 Å². The Morgan fingerprint density at radius 1 is 0.925 bits per heavy atom. The maximum Gasteiger partial charge on any atom is 0.267 e. The van der Waals surface area contributed by atoms with Gasteiger partial charge in [-0.2, -0.15) is 0 Å². The Balaban J connectivity index is 1.84. The van der Waals surface area contributed by atoms with Gasteiger partial charge in [0.1, 0.15) is 16.9 Å². The van der Waals surface area contributed by atoms with Crippen LogP contribution in [0.15, 0.2) is 59.4 Å². The van der Waals surface area contributed by atoms with E-state index < -0.39 is 0 Å². The first-order valence-corrected chi connectivity index (χ1v) is 14.6. The zero-order chi connectivity index (χ0) is 28.6. The number of rotatable bonds is 14. The summed E-state index contributed by atoms with van der Waals surface area (Å²) in [6.07, 6.45) is 0. The first-order valence-electron chi connectivity index (χ1n) is 13.8. The van der Waals surface area contributed by atoms with Crippen molar-refractivity contribution in [3.8, 4) is 5.75 Å². The van der Waals surface area contributed by atoms with Gasteiger partial charge in [-0.3, -0.25) is 19.0 Å². The molecule has 8 nitrogen and oxygen atoms in total. The van der Waals surface area contributed by atoms with E-state index in [2.05, 4.69) is 18.7 Å². The van der Waals surface area contributed by atoms with E-state index in [0.29, 0.717) is 45.8 Å². The van der Waals surface area contributed by atoms with Crippen molar-refractivity contribution in [1.82, 2.24) is 14.4 Å². The van der Waals surface area contributed by atoms with Crippen LogP contribution in [0.1, 0.15) is 40.8 Å². The highest BCUT2D eigenvalue weighted by molar-refractivity contribution is 7.22. The summed E-state index contributed by atoms with van der Waals surface area (Å²) < 4.78 is 13.8. The largest absolute Gasteiger partial charge is 0.489 e. The number of benzene rings is 2. The van der Waals surface area contributed by atoms with Crippen LogP contribution in [0.3, 0.4) is 0 Å². The number of ether oxygens (including phenoxy) is 2. The maximum absolute atomic E-state index is 14.1. The SMILES string of the molecule is CCOCCOc1c(C(=O)N(C)CCN(CC)CC)sc2c1c(=O)n(CC(=O)c1ccccc1)c1ccccc21. The third kappa shape index (κ3) is 6.27. The molecule has 9 heteroatoms. The summed E-state index contributed by atoms with van der Waals surface area (Å²) >= 11 is 1.27. The molecule has 0 radical (unpaired) electrons. The highest BCUT2D eigenvalue weighted by atomic mass is 32.1. The van der Waals surface area contributed by atoms with Crippen LogP contribution in [0.5, 0.6) is 5.75 Å². The standard InChI is InChI=1S/C31H37N3O5S/c1-5-33(6-2)18-17-32(4)31(37)29-27(39-20-19-38-7-3)26-28(40-29)23-15-11-12-16-24(23)34(30(26)36)21-25(35)22-13-9-8-10-14-22/h8-16H,5-7,17-21H2,1-4H3. The minimum atomic E-state index is -0.356. The molecule has 4 aromatic rings. The van der Waals surface area contributed by atoms with Gasteiger partial charge >= 0.3 is 0 Å². The number of aromatic nitrogens is 1. The van der Waals surface area contributed by atoms with E-state index in [-0.39, 0.29) is 36.2 Å². The van der Waals surface area contributed by atoms with Crippen LogP contribution in [0.4, 0.5) is 0 Å². The van der Waals surface area contributed by atoms with Crippen LogP contribution in [0, 0.1) is 0 Å². The lowest BCUT2D eigenvalue weighted by atomic mass is 10.1. The fourth-order valence-electron chi connectivity index (χ4n) is 4.69. The summed E-state index contributed by atoms with van der Waals surface area (Å²) in [6, 6.07) is 16.4. The number of thiophene rings is 1. The van der Waals surface area contributed by atoms with E-state index >= 15 is 0 Å². The summed E-state index contributed by atoms with van der Waals surface area (Å²) in [5, 5.41) is 1.11. The average molecular weight is 564 g/mol. The van der Waals surface area contributed by atoms with Crippen LogP contribution in [-0.2, 0) is 11.3 Å². The first-order chi connectivity index (χ1) is 19.4. The predicted molar refractivity (Wildman–Crippen MR) is 161 cm³/mol. The minimum Gasteiger partial charge on any atom is -0.489 e. The van der Waals surface area contributed by atoms with E-state index in [1.54, 1.807) is 36.2 Å². The van der Waals surface area contributed by atoms with Gasteiger partial charge in [0.15, 0.2) is 11.5 Å². The Hall–Kier alpha value is -3.53. The molecule has 0 saturated heterocycles. The smallest absolute Gasteiger partial charge is 0.267 e. The van der Waals surface area contributed by atoms with Crippen LogP contribution >= 0.6 is 11.3 Å². The van der Waals surface area contributed by atoms with Crippen LogP contribution < -0.4 is 10.3 Å². The Morgan fingerprint density at radius 2 is 1.62 bits per heavy atom. The van der Waals surface area contributed by atoms with Crippen molar-refractivity contribution in [2.24, 2.45) is 0 Å². The molecule has 4 rings (SSSR count). The number of pyridine rings is 1. The van der Waals surface area contributed by atoms with Gasteiger partial charge in [0.05, 0.1) is 23.4 Å². The lowest BCUT2D eigenvalue weighted by Crippen LogP contribution is -2.36. The molecule has 2 aromatic heterocycles. The molecule has 0 atom stereocenters. The van der Waals surface area contributed by atoms with Crippen LogP contribution in [0.2, 0.25) is 0 Å². The molecule has 0 fully saturated rings. The van der Waals surface area contributed by atoms with Gasteiger partial charge < -0.3 is 19.3 Å². The number of Topliss-reactive ketones (excluding diaryl/α,β-unsaturated/α-hetero) is 1. The third-order valence-corrected chi connectivity index (χ3v) is 8.22. The van der Waals surface area contributed by atoms with Crippen molar-refractivity contribution < 1.29 is 19.1 Å². The number of para-hydroxylation sites is 1. The summed E-state index contributed by atoms with van der Waals surface area (Å²) in [5.41, 5.74) is 0.813. The lowest BCUT2D eigenvalue weighted by molar-refractivity contribution is 0.0775. The first kappa shape index (κ1) is 29.5. The van der Waals surface area contributed by atoms with Gasteiger partial charge in [-0.15, -0.1) is 11.3 Å². The number of carbonyl (C=O) groups is 2. The molecule has 0 N–H and O–H groups in total. The van der Waals surface area contributed by atoms with Gasteiger partial charge in [0.25, 0.3) is 11.5 Å². The summed E-state index contributed by atoms with van der Waals surface area (Å²) in [4.78, 5) is 45.3. The molecule has 40 heavy (non-hydrogen) atoms. The van der Waals surface area contributed by atoms with Crippen molar-refractivity contribution in [2.45, 2.75) is 27.3 Å². The maximum atomic E-state index is 14.1. The number of ketones is 1. The monoisotopic (exact) mass is 563 g/mol. The van der Waals surface area contributed by atoms with Crippen LogP contribution in [0.25, 0.3) is 21.0 Å². The summed E-state index contributed by atoms with van der Waals surface area (Å²) in [6.45, 7) is 10.1. The van der Waals surface area contributed by atoms with Gasteiger partial charge in [-0.25, -0.2) is 0 Å². The highest BCUT2D eigenvalue weighted by Gasteiger charge is 2.28. The Kier molecular flexibility index (Phi) is 10.1. The number of carbonyl (C=O) groups excluding carboxylic acids is 2. The summed E-state index contributed by atoms with van der Waals surface area (Å²) in [5.74, 6) is -0.111. The van der Waals surface area contributed by atoms with Gasteiger partial charge in [-0.05, 0) is 26.1 Å². The molecule has 0 aliphatic rings. The Labute approximate surface area is 238 Å². The van der Waals surface area contributed by atoms with Gasteiger partial charge in [0, 0.05) is 37.7 Å². The number of hydrogen-bond donors (Lipinski definition) is 0. The van der Waals surface area contributed by atoms with E-state index in [4.69, 9.17) is 9.47 Å². The molecule has 2 aromatic carbocycles. The number of nitrogens with zero attached hydrogens (tertiary/aromatic N) is 3. The molecule has 1 amide bonds. The van der Waals surface area contributed by atoms with Crippen molar-refractivity contribution in [1.29, 1.82) is 0 Å². The normalized spacial score (nSPS) is 11.4. The zero-order valence-electron chi connectivity index (χ0n) is 23.6. The zero-order valence-corrected chi connectivity index (χ0v) is 24.5. The third-order valence-electron chi connectivity index (χ3n) is 7.03. The number of hydrogen-bond acceptors (Lipinski definition) is 7. The Morgan fingerprint density at radius 3 is 2.33 bits per heavy atom. The molecule has 0 aliphatic carbocycles. The molecule has 0 unspecified atom stereocenters. The Bertz CT molecular complexity index is 1530. The second-order valence-corrected chi connectivity index (χ2v) is 10.5. The quantitative estimate of drug-likeness (QED) is 0.160. The van der Waals surface area contributed by atoms with Crippen molar-refractivity contribution in [2.75, 3.05) is 53.0 Å². The fourth-order valence-corrected chi connectivity index (χ4v) is 5.96. The fraction of sp³-hybridized carbons (Fsp3) is 0.387. The molecule has 2 heterocycles. The van der Waals surface area contributed by atoms with E-state index in [9.17, 15) is 14.4 Å². The van der Waals surface area contributed by atoms with Crippen molar-refractivity contribution >= 4 is 44.0 Å². The van der Waals surface area contributed by atoms with Gasteiger partial charge in [-0.1, -0.05) is 62.4 Å². The molecule has 0 spiro atoms. The van der Waals surface area contributed by atoms with E-state index in [1.165, 1.54) is 15.9 Å². The molecule has 0 aliphatic heterocycles. The number of amides is 1. The minimum absolute atomic E-state index is 0.124. The molecule has 0 bridgehead atoms. The molecular formula is C31H37N3O5S. The second kappa shape index (κ2) is 13.7. The van der Waals surface area contributed by atoms with E-state index in [1.807, 2.05) is 37.3 Å². The predicted octanol–water partition coefficient (Wildman–Crippen LogP) is 4.93. The van der Waals surface area contributed by atoms with Gasteiger partial charge in [0.2, 0.25) is 0 Å².